The monoisotopic (exact) mass is 468 g/mol. The number of hydrogen-bond acceptors (Lipinski definition) is 5. The molecular formula is C22H21F5N4O2. The summed E-state index contributed by atoms with van der Waals surface area (Å²) in [5.74, 6) is -4.60. The number of hydrogen-bond donors (Lipinski definition) is 1. The number of anilines is 1. The minimum atomic E-state index is -5.12. The fraction of sp³-hybridized carbons (Fsp3) is 0.455. The number of piperidine rings is 1. The number of halogens is 5. The van der Waals surface area contributed by atoms with E-state index in [1.165, 1.54) is 6.20 Å². The Bertz CT molecular complexity index is 1250. The third-order valence-electron chi connectivity index (χ3n) is 6.72. The van der Waals surface area contributed by atoms with Crippen LogP contribution in [0.15, 0.2) is 18.3 Å². The first-order valence-corrected chi connectivity index (χ1v) is 10.5. The van der Waals surface area contributed by atoms with Gasteiger partial charge in [0.1, 0.15) is 11.5 Å². The maximum Gasteiger partial charge on any atom is 0.419 e. The lowest BCUT2D eigenvalue weighted by molar-refractivity contribution is -0.140. The molecule has 3 heterocycles. The highest BCUT2D eigenvalue weighted by atomic mass is 19.4. The van der Waals surface area contributed by atoms with Crippen molar-refractivity contribution in [3.05, 3.63) is 41.2 Å². The second kappa shape index (κ2) is 7.28. The van der Waals surface area contributed by atoms with E-state index in [2.05, 4.69) is 15.0 Å². The summed E-state index contributed by atoms with van der Waals surface area (Å²) in [5.41, 5.74) is -1.83. The third-order valence-corrected chi connectivity index (χ3v) is 6.72. The van der Waals surface area contributed by atoms with Gasteiger partial charge in [0.05, 0.1) is 29.1 Å². The van der Waals surface area contributed by atoms with Crippen LogP contribution in [0.1, 0.15) is 36.9 Å². The number of ether oxygens (including phenoxy) is 1. The van der Waals surface area contributed by atoms with Crippen LogP contribution in [0.25, 0.3) is 16.6 Å². The zero-order valence-corrected chi connectivity index (χ0v) is 17.9. The van der Waals surface area contributed by atoms with Crippen molar-refractivity contribution in [1.82, 2.24) is 14.8 Å². The third kappa shape index (κ3) is 3.40. The standard InChI is InChI=1S/C22H21F5N4O2/c1-11-13-7-17(30-6-3-12(33-2)9-21(30)4-5-21)28-10-16(13)31(29-11)15-8-14(22(25,26)27)18(23)20(32)19(15)24/h7-8,10,12,32H,3-6,9H2,1-2H3. The molecule has 1 aliphatic heterocycles. The zero-order valence-electron chi connectivity index (χ0n) is 17.9. The molecule has 176 valence electrons. The maximum atomic E-state index is 14.6. The van der Waals surface area contributed by atoms with Crippen molar-refractivity contribution in [3.63, 3.8) is 0 Å². The number of alkyl halides is 3. The molecule has 1 saturated heterocycles. The topological polar surface area (TPSA) is 63.4 Å². The van der Waals surface area contributed by atoms with E-state index < -0.39 is 34.8 Å². The fourth-order valence-corrected chi connectivity index (χ4v) is 4.78. The van der Waals surface area contributed by atoms with E-state index >= 15 is 0 Å². The number of methoxy groups -OCH3 is 1. The number of benzene rings is 1. The SMILES string of the molecule is COC1CCN(c2cc3c(C)nn(-c4cc(C(F)(F)F)c(F)c(O)c4F)c3cn2)C2(CC2)C1. The summed E-state index contributed by atoms with van der Waals surface area (Å²) in [6.07, 6.45) is 0.249. The van der Waals surface area contributed by atoms with Gasteiger partial charge in [0.2, 0.25) is 0 Å². The quantitative estimate of drug-likeness (QED) is 0.556. The highest BCUT2D eigenvalue weighted by molar-refractivity contribution is 5.85. The highest BCUT2D eigenvalue weighted by Crippen LogP contribution is 2.50. The van der Waals surface area contributed by atoms with Crippen LogP contribution in [0.3, 0.4) is 0 Å². The Balaban J connectivity index is 1.60. The van der Waals surface area contributed by atoms with Crippen LogP contribution in [0.2, 0.25) is 0 Å². The smallest absolute Gasteiger partial charge is 0.419 e. The van der Waals surface area contributed by atoms with Gasteiger partial charge in [0.25, 0.3) is 0 Å². The van der Waals surface area contributed by atoms with Gasteiger partial charge in [0, 0.05) is 24.6 Å². The fourth-order valence-electron chi connectivity index (χ4n) is 4.78. The zero-order chi connectivity index (χ0) is 23.7. The summed E-state index contributed by atoms with van der Waals surface area (Å²) in [6.45, 7) is 2.39. The Hall–Kier alpha value is -2.95. The summed E-state index contributed by atoms with van der Waals surface area (Å²) in [5, 5.41) is 14.4. The molecule has 33 heavy (non-hydrogen) atoms. The lowest BCUT2D eigenvalue weighted by Gasteiger charge is -2.40. The van der Waals surface area contributed by atoms with E-state index in [9.17, 15) is 27.1 Å². The van der Waals surface area contributed by atoms with Gasteiger partial charge in [-0.15, -0.1) is 0 Å². The maximum absolute atomic E-state index is 14.6. The largest absolute Gasteiger partial charge is 0.503 e. The molecule has 11 heteroatoms. The molecule has 5 rings (SSSR count). The first-order valence-electron chi connectivity index (χ1n) is 10.5. The van der Waals surface area contributed by atoms with E-state index in [4.69, 9.17) is 4.74 Å². The van der Waals surface area contributed by atoms with Gasteiger partial charge < -0.3 is 14.7 Å². The normalized spacial score (nSPS) is 20.1. The minimum absolute atomic E-state index is 0.0139. The minimum Gasteiger partial charge on any atom is -0.503 e. The van der Waals surface area contributed by atoms with E-state index in [-0.39, 0.29) is 17.2 Å². The molecule has 0 bridgehead atoms. The molecule has 1 spiro atoms. The van der Waals surface area contributed by atoms with Gasteiger partial charge in [-0.2, -0.15) is 18.3 Å². The van der Waals surface area contributed by atoms with Crippen LogP contribution >= 0.6 is 0 Å². The van der Waals surface area contributed by atoms with Crippen LogP contribution in [0.4, 0.5) is 27.8 Å². The molecular weight excluding hydrogens is 447 g/mol. The first-order chi connectivity index (χ1) is 15.6. The Morgan fingerprint density at radius 2 is 1.91 bits per heavy atom. The molecule has 3 aromatic rings. The summed E-state index contributed by atoms with van der Waals surface area (Å²) >= 11 is 0. The predicted molar refractivity (Wildman–Crippen MR) is 110 cm³/mol. The van der Waals surface area contributed by atoms with Crippen molar-refractivity contribution in [2.75, 3.05) is 18.6 Å². The molecule has 1 aliphatic carbocycles. The summed E-state index contributed by atoms with van der Waals surface area (Å²) in [4.78, 5) is 6.73. The molecule has 1 aromatic carbocycles. The van der Waals surface area contributed by atoms with Gasteiger partial charge >= 0.3 is 6.18 Å². The Kier molecular flexibility index (Phi) is 4.82. The van der Waals surface area contributed by atoms with E-state index in [0.717, 1.165) is 36.9 Å². The van der Waals surface area contributed by atoms with Crippen LogP contribution in [-0.2, 0) is 10.9 Å². The number of pyridine rings is 1. The van der Waals surface area contributed by atoms with E-state index in [1.807, 2.05) is 0 Å². The molecule has 1 N–H and O–H groups in total. The van der Waals surface area contributed by atoms with Crippen LogP contribution < -0.4 is 4.90 Å². The number of aromatic hydroxyl groups is 1. The summed E-state index contributed by atoms with van der Waals surface area (Å²) in [6, 6.07) is 2.09. The highest BCUT2D eigenvalue weighted by Gasteiger charge is 2.52. The number of phenols is 1. The second-order valence-corrected chi connectivity index (χ2v) is 8.70. The van der Waals surface area contributed by atoms with Crippen molar-refractivity contribution >= 4 is 16.7 Å². The molecule has 6 nitrogen and oxygen atoms in total. The molecule has 2 fully saturated rings. The molecule has 2 aliphatic rings. The number of fused-ring (bicyclic) bond motifs is 1. The van der Waals surface area contributed by atoms with Crippen molar-refractivity contribution < 1.29 is 31.8 Å². The first kappa shape index (κ1) is 21.9. The Morgan fingerprint density at radius 1 is 1.18 bits per heavy atom. The Morgan fingerprint density at radius 3 is 2.55 bits per heavy atom. The van der Waals surface area contributed by atoms with Gasteiger partial charge in [0.15, 0.2) is 17.4 Å². The molecule has 1 unspecified atom stereocenters. The summed E-state index contributed by atoms with van der Waals surface area (Å²) < 4.78 is 74.7. The van der Waals surface area contributed by atoms with Crippen molar-refractivity contribution in [3.8, 4) is 11.4 Å². The molecule has 0 amide bonds. The van der Waals surface area contributed by atoms with Crippen LogP contribution in [0.5, 0.6) is 5.75 Å². The van der Waals surface area contributed by atoms with Gasteiger partial charge in [-0.1, -0.05) is 0 Å². The molecule has 1 saturated carbocycles. The van der Waals surface area contributed by atoms with Gasteiger partial charge in [-0.05, 0) is 44.7 Å². The summed E-state index contributed by atoms with van der Waals surface area (Å²) in [7, 11) is 1.70. The number of phenolic OH excluding ortho intramolecular Hbond substituents is 1. The lowest BCUT2D eigenvalue weighted by Crippen LogP contribution is -2.47. The average molecular weight is 468 g/mol. The van der Waals surface area contributed by atoms with E-state index in [0.29, 0.717) is 23.0 Å². The van der Waals surface area contributed by atoms with Crippen molar-refractivity contribution in [2.24, 2.45) is 0 Å². The van der Waals surface area contributed by atoms with Gasteiger partial charge in [-0.25, -0.2) is 18.4 Å². The van der Waals surface area contributed by atoms with Crippen LogP contribution in [0, 0.1) is 18.6 Å². The number of rotatable bonds is 3. The predicted octanol–water partition coefficient (Wildman–Crippen LogP) is 4.88. The average Bonchev–Trinajstić information content (AvgIpc) is 3.46. The van der Waals surface area contributed by atoms with Crippen molar-refractivity contribution in [2.45, 2.75) is 50.4 Å². The lowest BCUT2D eigenvalue weighted by atomic mass is 9.97. The van der Waals surface area contributed by atoms with Crippen molar-refractivity contribution in [1.29, 1.82) is 0 Å². The Labute approximate surface area is 185 Å². The number of nitrogens with zero attached hydrogens (tertiary/aromatic N) is 4. The molecule has 0 radical (unpaired) electrons. The van der Waals surface area contributed by atoms with Gasteiger partial charge in [-0.3, -0.25) is 0 Å². The number of aromatic nitrogens is 3. The second-order valence-electron chi connectivity index (χ2n) is 8.70. The van der Waals surface area contributed by atoms with E-state index in [1.54, 1.807) is 20.1 Å². The van der Waals surface area contributed by atoms with Crippen LogP contribution in [-0.4, -0.2) is 45.2 Å². The number of aryl methyl sites for hydroxylation is 1. The molecule has 2 aromatic heterocycles. The molecule has 1 atom stereocenters.